The van der Waals surface area contributed by atoms with Crippen LogP contribution < -0.4 is 10.6 Å². The number of rotatable bonds is 6. The van der Waals surface area contributed by atoms with Crippen molar-refractivity contribution in [2.45, 2.75) is 25.5 Å². The van der Waals surface area contributed by atoms with Gasteiger partial charge in [-0.1, -0.05) is 6.92 Å². The predicted molar refractivity (Wildman–Crippen MR) is 61.8 cm³/mol. The summed E-state index contributed by atoms with van der Waals surface area (Å²) in [5.74, 6) is -0.764. The zero-order chi connectivity index (χ0) is 13.5. The number of aliphatic hydroxyl groups is 1. The number of aliphatic hydroxyl groups excluding tert-OH is 1. The maximum atomic E-state index is 11.5. The molecular weight excluding hydrogens is 240 g/mol. The van der Waals surface area contributed by atoms with E-state index in [0.717, 1.165) is 0 Å². The lowest BCUT2D eigenvalue weighted by molar-refractivity contribution is -0.146. The Balaban J connectivity index is 2.41. The predicted octanol–water partition coefficient (Wildman–Crippen LogP) is -0.394. The molecule has 1 aromatic rings. The number of hydrogen-bond donors (Lipinski definition) is 5. The number of carboxylic acid groups (broad SMARTS) is 1. The van der Waals surface area contributed by atoms with Gasteiger partial charge in [-0.3, -0.25) is 0 Å². The Morgan fingerprint density at radius 1 is 1.56 bits per heavy atom. The largest absolute Gasteiger partial charge is 0.479 e. The Labute approximate surface area is 103 Å². The summed E-state index contributed by atoms with van der Waals surface area (Å²) < 4.78 is 0. The third kappa shape index (κ3) is 4.06. The highest BCUT2D eigenvalue weighted by molar-refractivity contribution is 5.76. The second-order valence-electron chi connectivity index (χ2n) is 3.64. The van der Waals surface area contributed by atoms with Crippen LogP contribution in [0.1, 0.15) is 25.2 Å². The standard InChI is InChI=1S/C10H16N4O4/c1-2-6(8-11-3-4-12-8)14-10(18)13-5-7(15)9(16)17/h3-4,6-7,15H,2,5H2,1H3,(H,11,12)(H,16,17)(H2,13,14,18). The zero-order valence-corrected chi connectivity index (χ0v) is 9.88. The molecule has 0 saturated heterocycles. The van der Waals surface area contributed by atoms with Gasteiger partial charge < -0.3 is 25.8 Å². The van der Waals surface area contributed by atoms with Crippen LogP contribution in [-0.2, 0) is 4.79 Å². The monoisotopic (exact) mass is 256 g/mol. The number of hydrogen-bond acceptors (Lipinski definition) is 4. The molecule has 0 aliphatic rings. The average molecular weight is 256 g/mol. The molecule has 8 nitrogen and oxygen atoms in total. The van der Waals surface area contributed by atoms with Crippen molar-refractivity contribution in [1.82, 2.24) is 20.6 Å². The smallest absolute Gasteiger partial charge is 0.334 e. The molecule has 0 fully saturated rings. The molecule has 0 aliphatic heterocycles. The highest BCUT2D eigenvalue weighted by atomic mass is 16.4. The number of aromatic amines is 1. The molecule has 0 saturated carbocycles. The van der Waals surface area contributed by atoms with E-state index in [2.05, 4.69) is 20.6 Å². The number of carbonyl (C=O) groups is 2. The Bertz CT molecular complexity index is 393. The molecule has 0 spiro atoms. The van der Waals surface area contributed by atoms with Crippen LogP contribution in [0.2, 0.25) is 0 Å². The van der Waals surface area contributed by atoms with Gasteiger partial charge in [-0.2, -0.15) is 0 Å². The fraction of sp³-hybridized carbons (Fsp3) is 0.500. The van der Waals surface area contributed by atoms with Crippen molar-refractivity contribution in [2.75, 3.05) is 6.54 Å². The lowest BCUT2D eigenvalue weighted by Crippen LogP contribution is -2.43. The Kier molecular flexibility index (Phi) is 5.12. The van der Waals surface area contributed by atoms with Crippen molar-refractivity contribution in [3.05, 3.63) is 18.2 Å². The van der Waals surface area contributed by atoms with Crippen molar-refractivity contribution < 1.29 is 19.8 Å². The third-order valence-corrected chi connectivity index (χ3v) is 2.30. The molecule has 2 atom stereocenters. The van der Waals surface area contributed by atoms with E-state index in [4.69, 9.17) is 10.2 Å². The molecule has 0 radical (unpaired) electrons. The fourth-order valence-electron chi connectivity index (χ4n) is 1.32. The normalized spacial score (nSPS) is 13.7. The number of amides is 2. The van der Waals surface area contributed by atoms with Crippen LogP contribution in [0, 0.1) is 0 Å². The molecule has 2 amide bonds. The van der Waals surface area contributed by atoms with Gasteiger partial charge in [0.2, 0.25) is 0 Å². The van der Waals surface area contributed by atoms with Crippen LogP contribution in [0.5, 0.6) is 0 Å². The van der Waals surface area contributed by atoms with Gasteiger partial charge in [0.05, 0.1) is 12.6 Å². The number of aromatic nitrogens is 2. The summed E-state index contributed by atoms with van der Waals surface area (Å²) >= 11 is 0. The summed E-state index contributed by atoms with van der Waals surface area (Å²) in [4.78, 5) is 28.7. The van der Waals surface area contributed by atoms with Crippen LogP contribution in [0.4, 0.5) is 4.79 Å². The van der Waals surface area contributed by atoms with Gasteiger partial charge in [0, 0.05) is 12.4 Å². The molecule has 0 bridgehead atoms. The molecule has 2 unspecified atom stereocenters. The van der Waals surface area contributed by atoms with Gasteiger partial charge in [-0.25, -0.2) is 14.6 Å². The zero-order valence-electron chi connectivity index (χ0n) is 9.88. The van der Waals surface area contributed by atoms with Crippen LogP contribution in [0.15, 0.2) is 12.4 Å². The first kappa shape index (κ1) is 14.0. The van der Waals surface area contributed by atoms with Gasteiger partial charge in [0.15, 0.2) is 6.10 Å². The van der Waals surface area contributed by atoms with Crippen LogP contribution >= 0.6 is 0 Å². The SMILES string of the molecule is CCC(NC(=O)NCC(O)C(=O)O)c1ncc[nH]1. The summed E-state index contributed by atoms with van der Waals surface area (Å²) in [7, 11) is 0. The lowest BCUT2D eigenvalue weighted by atomic mass is 10.2. The molecule has 100 valence electrons. The van der Waals surface area contributed by atoms with Gasteiger partial charge in [-0.05, 0) is 6.42 Å². The number of H-pyrrole nitrogens is 1. The Morgan fingerprint density at radius 2 is 2.28 bits per heavy atom. The van der Waals surface area contributed by atoms with E-state index in [0.29, 0.717) is 12.2 Å². The highest BCUT2D eigenvalue weighted by Gasteiger charge is 2.17. The van der Waals surface area contributed by atoms with Crippen molar-refractivity contribution in [1.29, 1.82) is 0 Å². The molecular formula is C10H16N4O4. The fourth-order valence-corrected chi connectivity index (χ4v) is 1.32. The first-order valence-corrected chi connectivity index (χ1v) is 5.49. The lowest BCUT2D eigenvalue weighted by Gasteiger charge is -2.15. The number of aliphatic carboxylic acids is 1. The molecule has 0 aliphatic carbocycles. The van der Waals surface area contributed by atoms with Gasteiger partial charge in [-0.15, -0.1) is 0 Å². The molecule has 0 aromatic carbocycles. The number of carboxylic acids is 1. The average Bonchev–Trinajstić information content (AvgIpc) is 2.86. The molecule has 1 heterocycles. The quantitative estimate of drug-likeness (QED) is 0.473. The minimum absolute atomic E-state index is 0.290. The number of urea groups is 1. The molecule has 18 heavy (non-hydrogen) atoms. The summed E-state index contributed by atoms with van der Waals surface area (Å²) in [5, 5.41) is 22.3. The minimum atomic E-state index is -1.61. The second-order valence-corrected chi connectivity index (χ2v) is 3.64. The van der Waals surface area contributed by atoms with E-state index in [1.807, 2.05) is 6.92 Å². The van der Waals surface area contributed by atoms with Crippen LogP contribution in [0.25, 0.3) is 0 Å². The topological polar surface area (TPSA) is 127 Å². The molecule has 1 aromatic heterocycles. The summed E-state index contributed by atoms with van der Waals surface area (Å²) in [6.07, 6.45) is 2.24. The summed E-state index contributed by atoms with van der Waals surface area (Å²) in [5.41, 5.74) is 0. The Morgan fingerprint density at radius 3 is 2.78 bits per heavy atom. The van der Waals surface area contributed by atoms with E-state index in [1.165, 1.54) is 0 Å². The molecule has 8 heteroatoms. The van der Waals surface area contributed by atoms with Crippen molar-refractivity contribution in [3.8, 4) is 0 Å². The first-order chi connectivity index (χ1) is 8.54. The number of nitrogens with zero attached hydrogens (tertiary/aromatic N) is 1. The Hall–Kier alpha value is -2.09. The number of imidazole rings is 1. The van der Waals surface area contributed by atoms with Crippen LogP contribution in [0.3, 0.4) is 0 Å². The van der Waals surface area contributed by atoms with Crippen LogP contribution in [-0.4, -0.2) is 44.8 Å². The molecule has 1 rings (SSSR count). The maximum Gasteiger partial charge on any atom is 0.334 e. The van der Waals surface area contributed by atoms with Crippen molar-refractivity contribution in [3.63, 3.8) is 0 Å². The van der Waals surface area contributed by atoms with E-state index >= 15 is 0 Å². The van der Waals surface area contributed by atoms with E-state index in [-0.39, 0.29) is 12.6 Å². The number of carbonyl (C=O) groups excluding carboxylic acids is 1. The first-order valence-electron chi connectivity index (χ1n) is 5.49. The highest BCUT2D eigenvalue weighted by Crippen LogP contribution is 2.10. The van der Waals surface area contributed by atoms with E-state index < -0.39 is 18.1 Å². The molecule has 5 N–H and O–H groups in total. The third-order valence-electron chi connectivity index (χ3n) is 2.30. The second kappa shape index (κ2) is 6.60. The minimum Gasteiger partial charge on any atom is -0.479 e. The summed E-state index contributed by atoms with van der Waals surface area (Å²) in [6, 6.07) is -0.847. The maximum absolute atomic E-state index is 11.5. The summed E-state index contributed by atoms with van der Waals surface area (Å²) in [6.45, 7) is 1.52. The van der Waals surface area contributed by atoms with Gasteiger partial charge in [0.1, 0.15) is 5.82 Å². The van der Waals surface area contributed by atoms with E-state index in [9.17, 15) is 9.59 Å². The van der Waals surface area contributed by atoms with Crippen molar-refractivity contribution in [2.24, 2.45) is 0 Å². The van der Waals surface area contributed by atoms with Crippen molar-refractivity contribution >= 4 is 12.0 Å². The van der Waals surface area contributed by atoms with E-state index in [1.54, 1.807) is 12.4 Å². The van der Waals surface area contributed by atoms with Gasteiger partial charge >= 0.3 is 12.0 Å². The number of nitrogens with one attached hydrogen (secondary N) is 3. The van der Waals surface area contributed by atoms with Gasteiger partial charge in [0.25, 0.3) is 0 Å².